The van der Waals surface area contributed by atoms with E-state index in [9.17, 15) is 22.4 Å². The Labute approximate surface area is 232 Å². The molecule has 0 spiro atoms. The molecule has 1 amide bonds. The average Bonchev–Trinajstić information content (AvgIpc) is 3.48. The van der Waals surface area contributed by atoms with Crippen molar-refractivity contribution in [3.63, 3.8) is 0 Å². The van der Waals surface area contributed by atoms with Crippen LogP contribution >= 0.6 is 0 Å². The fraction of sp³-hybridized carbons (Fsp3) is 0.759. The van der Waals surface area contributed by atoms with Crippen LogP contribution in [0.5, 0.6) is 0 Å². The van der Waals surface area contributed by atoms with Crippen LogP contribution in [0.2, 0.25) is 0 Å². The van der Waals surface area contributed by atoms with Gasteiger partial charge in [-0.15, -0.1) is 0 Å². The van der Waals surface area contributed by atoms with Crippen molar-refractivity contribution in [2.24, 2.45) is 29.6 Å². The highest BCUT2D eigenvalue weighted by Crippen LogP contribution is 2.46. The first-order valence-corrected chi connectivity index (χ1v) is 14.7. The summed E-state index contributed by atoms with van der Waals surface area (Å²) in [5.41, 5.74) is -0.769. The molecule has 2 N–H and O–H groups in total. The van der Waals surface area contributed by atoms with Crippen molar-refractivity contribution < 1.29 is 26.8 Å². The van der Waals surface area contributed by atoms with E-state index in [1.54, 1.807) is 24.6 Å². The maximum absolute atomic E-state index is 14.2. The normalized spacial score (nSPS) is 30.4. The number of alkyl halides is 4. The quantitative estimate of drug-likeness (QED) is 0.371. The van der Waals surface area contributed by atoms with Gasteiger partial charge in [0, 0.05) is 42.5 Å². The number of hydrogen-bond acceptors (Lipinski definition) is 4. The van der Waals surface area contributed by atoms with Gasteiger partial charge < -0.3 is 9.73 Å². The predicted octanol–water partition coefficient (Wildman–Crippen LogP) is 6.23. The molecule has 2 aromatic heterocycles. The van der Waals surface area contributed by atoms with E-state index in [-0.39, 0.29) is 47.0 Å². The summed E-state index contributed by atoms with van der Waals surface area (Å²) in [6, 6.07) is -0.249. The first-order chi connectivity index (χ1) is 18.9. The minimum atomic E-state index is -4.60. The Balaban J connectivity index is 1.40. The minimum absolute atomic E-state index is 0.0150. The van der Waals surface area contributed by atoms with Crippen LogP contribution in [0.3, 0.4) is 0 Å². The first-order valence-electron chi connectivity index (χ1n) is 14.7. The molecular weight excluding hydrogens is 526 g/mol. The second kappa shape index (κ2) is 11.4. The number of halogens is 4. The highest BCUT2D eigenvalue weighted by Gasteiger charge is 2.45. The fourth-order valence-corrected chi connectivity index (χ4v) is 7.05. The van der Waals surface area contributed by atoms with E-state index in [1.165, 1.54) is 17.1 Å². The van der Waals surface area contributed by atoms with Crippen LogP contribution in [0.15, 0.2) is 23.1 Å². The fourth-order valence-electron chi connectivity index (χ4n) is 7.05. The maximum atomic E-state index is 14.2. The van der Waals surface area contributed by atoms with Gasteiger partial charge in [0.05, 0.1) is 0 Å². The molecule has 0 aromatic carbocycles. The van der Waals surface area contributed by atoms with Gasteiger partial charge in [-0.25, -0.2) is 4.39 Å². The van der Waals surface area contributed by atoms with Gasteiger partial charge in [0.25, 0.3) is 5.68 Å². The van der Waals surface area contributed by atoms with Crippen LogP contribution in [0.25, 0.3) is 0 Å². The number of aromatic nitrogens is 3. The first kappa shape index (κ1) is 28.9. The molecule has 3 aliphatic rings. The zero-order valence-corrected chi connectivity index (χ0v) is 23.5. The number of nitrogens with one attached hydrogen (secondary N) is 2. The highest BCUT2D eigenvalue weighted by atomic mass is 19.4. The second-order valence-electron chi connectivity index (χ2n) is 12.8. The van der Waals surface area contributed by atoms with Crippen LogP contribution in [0.1, 0.15) is 95.4 Å². The lowest BCUT2D eigenvalue weighted by molar-refractivity contribution is -0.142. The molecule has 0 bridgehead atoms. The van der Waals surface area contributed by atoms with E-state index in [4.69, 9.17) is 9.83 Å². The average molecular weight is 568 g/mol. The molecule has 0 aliphatic heterocycles. The van der Waals surface area contributed by atoms with E-state index < -0.39 is 29.9 Å². The summed E-state index contributed by atoms with van der Waals surface area (Å²) in [4.78, 5) is 13.8. The topological polar surface area (TPSA) is 88.8 Å². The van der Waals surface area contributed by atoms with Gasteiger partial charge in [0.15, 0.2) is 5.69 Å². The molecule has 2 aromatic rings. The maximum Gasteiger partial charge on any atom is 0.435 e. The summed E-state index contributed by atoms with van der Waals surface area (Å²) in [6.07, 6.45) is 4.51. The van der Waals surface area contributed by atoms with Gasteiger partial charge in [-0.1, -0.05) is 6.92 Å². The van der Waals surface area contributed by atoms with E-state index in [0.29, 0.717) is 38.1 Å². The number of carbonyl (C=O) groups excluding carboxylic acids is 1. The SMILES string of the molecule is CC1CC([C@@H](NC(=O)C2CC(Cn3ccoc3=N)CC(c3cn(C(C)C)nc3C(F)(F)F)C2)C2CC2)CCC1F. The lowest BCUT2D eigenvalue weighted by atomic mass is 9.71. The van der Waals surface area contributed by atoms with Crippen molar-refractivity contribution in [3.05, 3.63) is 35.6 Å². The molecule has 2 heterocycles. The number of nitrogens with zero attached hydrogens (tertiary/aromatic N) is 3. The number of rotatable bonds is 8. The minimum Gasteiger partial charge on any atom is -0.432 e. The highest BCUT2D eigenvalue weighted by molar-refractivity contribution is 5.79. The van der Waals surface area contributed by atoms with Gasteiger partial charge in [0.2, 0.25) is 5.91 Å². The molecule has 7 nitrogen and oxygen atoms in total. The van der Waals surface area contributed by atoms with Crippen molar-refractivity contribution in [1.29, 1.82) is 5.41 Å². The Morgan fingerprint density at radius 3 is 2.48 bits per heavy atom. The van der Waals surface area contributed by atoms with Gasteiger partial charge in [0.1, 0.15) is 12.4 Å². The number of carbonyl (C=O) groups is 1. The molecule has 222 valence electrons. The number of amides is 1. The molecule has 0 saturated heterocycles. The molecule has 6 unspecified atom stereocenters. The van der Waals surface area contributed by atoms with Crippen molar-refractivity contribution in [2.75, 3.05) is 0 Å². The van der Waals surface area contributed by atoms with Crippen LogP contribution in [0, 0.1) is 35.0 Å². The number of oxazole rings is 1. The van der Waals surface area contributed by atoms with E-state index in [2.05, 4.69) is 10.4 Å². The Morgan fingerprint density at radius 1 is 1.15 bits per heavy atom. The Morgan fingerprint density at radius 2 is 1.88 bits per heavy atom. The van der Waals surface area contributed by atoms with Crippen molar-refractivity contribution >= 4 is 5.91 Å². The summed E-state index contributed by atoms with van der Waals surface area (Å²) in [5.74, 6) is -0.625. The van der Waals surface area contributed by atoms with Crippen LogP contribution in [0.4, 0.5) is 17.6 Å². The number of hydrogen-bond donors (Lipinski definition) is 2. The smallest absolute Gasteiger partial charge is 0.432 e. The molecule has 5 rings (SSSR count). The predicted molar refractivity (Wildman–Crippen MR) is 140 cm³/mol. The van der Waals surface area contributed by atoms with E-state index in [1.807, 2.05) is 6.92 Å². The van der Waals surface area contributed by atoms with E-state index >= 15 is 0 Å². The zero-order valence-electron chi connectivity index (χ0n) is 23.5. The second-order valence-corrected chi connectivity index (χ2v) is 12.8. The molecule has 3 saturated carbocycles. The molecular formula is C29H41F4N5O2. The Hall–Kier alpha value is -2.59. The molecule has 40 heavy (non-hydrogen) atoms. The zero-order chi connectivity index (χ0) is 28.8. The van der Waals surface area contributed by atoms with Crippen molar-refractivity contribution in [3.8, 4) is 0 Å². The summed E-state index contributed by atoms with van der Waals surface area (Å²) in [6.45, 7) is 5.90. The summed E-state index contributed by atoms with van der Waals surface area (Å²) in [5, 5.41) is 15.2. The standard InChI is InChI=1S/C29H41F4N5O2/c1-16(2)38-15-23(26(36-38)29(31,32)33)21-11-18(14-37-8-9-40-28(37)34)12-22(13-21)27(39)35-25(19-4-5-19)20-6-7-24(30)17(3)10-20/h8-9,15-22,24-25,34H,4-7,10-14H2,1-3H3,(H,35,39)/t17?,18?,20?,21?,22?,24?,25-/m0/s1. The summed E-state index contributed by atoms with van der Waals surface area (Å²) in [7, 11) is 0. The van der Waals surface area contributed by atoms with E-state index in [0.717, 1.165) is 25.7 Å². The molecule has 11 heteroatoms. The van der Waals surface area contributed by atoms with Gasteiger partial charge in [-0.3, -0.25) is 19.5 Å². The third-order valence-corrected chi connectivity index (χ3v) is 9.36. The summed E-state index contributed by atoms with van der Waals surface area (Å²) >= 11 is 0. The van der Waals surface area contributed by atoms with Crippen molar-refractivity contribution in [1.82, 2.24) is 19.7 Å². The van der Waals surface area contributed by atoms with Gasteiger partial charge >= 0.3 is 6.18 Å². The summed E-state index contributed by atoms with van der Waals surface area (Å²) < 4.78 is 64.6. The van der Waals surface area contributed by atoms with Crippen LogP contribution < -0.4 is 11.0 Å². The third-order valence-electron chi connectivity index (χ3n) is 9.36. The molecule has 7 atom stereocenters. The van der Waals surface area contributed by atoms with Gasteiger partial charge in [-0.05, 0) is 94.8 Å². The third kappa shape index (κ3) is 6.33. The molecule has 3 aliphatic carbocycles. The van der Waals surface area contributed by atoms with Gasteiger partial charge in [-0.2, -0.15) is 18.3 Å². The lowest BCUT2D eigenvalue weighted by Crippen LogP contribution is -2.48. The molecule has 0 radical (unpaired) electrons. The Kier molecular flexibility index (Phi) is 8.21. The van der Waals surface area contributed by atoms with Crippen molar-refractivity contribution in [2.45, 2.75) is 109 Å². The Bertz CT molecular complexity index is 1230. The lowest BCUT2D eigenvalue weighted by Gasteiger charge is -2.38. The van der Waals surface area contributed by atoms with Crippen LogP contribution in [-0.2, 0) is 17.5 Å². The largest absolute Gasteiger partial charge is 0.435 e. The molecule has 3 fully saturated rings. The monoisotopic (exact) mass is 567 g/mol. The van der Waals surface area contributed by atoms with Crippen LogP contribution in [-0.4, -0.2) is 32.5 Å².